The number of aromatic nitrogens is 1. The number of benzene rings is 1. The molecule has 0 saturated carbocycles. The molecule has 1 aliphatic heterocycles. The molecule has 32 heavy (non-hydrogen) atoms. The summed E-state index contributed by atoms with van der Waals surface area (Å²) in [5.74, 6) is 0.531. The molecule has 0 aliphatic carbocycles. The third kappa shape index (κ3) is 6.65. The number of H-pyrrole nitrogens is 1. The predicted molar refractivity (Wildman–Crippen MR) is 108 cm³/mol. The molecule has 172 valence electrons. The largest absolute Gasteiger partial charge is 1.00 e. The van der Waals surface area contributed by atoms with Crippen LogP contribution in [-0.2, 0) is 25.8 Å². The minimum atomic E-state index is -5.16. The number of thioether (sulfide) groups is 1. The van der Waals surface area contributed by atoms with E-state index in [2.05, 4.69) is 14.4 Å². The Morgan fingerprint density at radius 1 is 1.28 bits per heavy atom. The molecule has 12 nitrogen and oxygen atoms in total. The number of nitrogens with zero attached hydrogens (tertiary/aromatic N) is 1. The van der Waals surface area contributed by atoms with E-state index in [0.29, 0.717) is 28.5 Å². The van der Waals surface area contributed by atoms with Gasteiger partial charge in [-0.25, -0.2) is 0 Å². The van der Waals surface area contributed by atoms with Crippen molar-refractivity contribution in [2.24, 2.45) is 5.16 Å². The number of nitrogens with one attached hydrogen (secondary N) is 1. The first kappa shape index (κ1) is 28.0. The van der Waals surface area contributed by atoms with E-state index in [1.165, 1.54) is 7.11 Å². The third-order valence-corrected chi connectivity index (χ3v) is 6.01. The van der Waals surface area contributed by atoms with Crippen LogP contribution in [0.5, 0.6) is 5.75 Å². The third-order valence-electron chi connectivity index (χ3n) is 4.64. The summed E-state index contributed by atoms with van der Waals surface area (Å²) in [6, 6.07) is 5.29. The summed E-state index contributed by atoms with van der Waals surface area (Å²) in [5.41, 5.74) is 0.0819. The molecule has 0 unspecified atom stereocenters. The van der Waals surface area contributed by atoms with Gasteiger partial charge in [-0.2, -0.15) is 8.42 Å². The molecule has 0 radical (unpaired) electrons. The summed E-state index contributed by atoms with van der Waals surface area (Å²) in [5, 5.41) is 43.4. The van der Waals surface area contributed by atoms with Gasteiger partial charge in [0.2, 0.25) is 0 Å². The number of oxime groups is 1. The molecule has 0 spiro atoms. The van der Waals surface area contributed by atoms with E-state index in [-0.39, 0.29) is 62.8 Å². The van der Waals surface area contributed by atoms with E-state index >= 15 is 0 Å². The molecule has 1 fully saturated rings. The van der Waals surface area contributed by atoms with Crippen molar-refractivity contribution in [3.8, 4) is 5.75 Å². The summed E-state index contributed by atoms with van der Waals surface area (Å²) in [6.07, 6.45) is -4.41. The van der Waals surface area contributed by atoms with E-state index in [1.807, 2.05) is 0 Å². The number of fused-ring (bicyclic) bond motifs is 1. The van der Waals surface area contributed by atoms with Gasteiger partial charge in [0.1, 0.15) is 40.6 Å². The molecule has 15 heteroatoms. The van der Waals surface area contributed by atoms with E-state index in [1.54, 1.807) is 24.4 Å². The van der Waals surface area contributed by atoms with Crippen LogP contribution in [0, 0.1) is 0 Å². The van der Waals surface area contributed by atoms with Crippen LogP contribution < -0.4 is 56.1 Å². The number of hydrogen-bond donors (Lipinski definition) is 5. The van der Waals surface area contributed by atoms with E-state index in [4.69, 9.17) is 9.47 Å². The Balaban J connectivity index is 0.00000363. The molecule has 1 aliphatic rings. The number of aromatic amines is 1. The molecule has 3 rings (SSSR count). The number of hydrogen-bond acceptors (Lipinski definition) is 12. The van der Waals surface area contributed by atoms with E-state index in [9.17, 15) is 33.4 Å². The van der Waals surface area contributed by atoms with Crippen LogP contribution in [0.3, 0.4) is 0 Å². The van der Waals surface area contributed by atoms with Gasteiger partial charge in [0.05, 0.1) is 13.7 Å². The minimum absolute atomic E-state index is 0. The molecule has 5 atom stereocenters. The first-order valence-corrected chi connectivity index (χ1v) is 11.2. The molecule has 1 aromatic carbocycles. The second-order valence-electron chi connectivity index (χ2n) is 6.66. The van der Waals surface area contributed by atoms with Crippen molar-refractivity contribution < 1.29 is 98.5 Å². The van der Waals surface area contributed by atoms with Crippen molar-refractivity contribution in [3.05, 3.63) is 30.0 Å². The van der Waals surface area contributed by atoms with Crippen LogP contribution in [0.1, 0.15) is 5.56 Å². The van der Waals surface area contributed by atoms with Gasteiger partial charge in [0.15, 0.2) is 0 Å². The Hall–Kier alpha value is -0.274. The molecular formula is C17H21KN2O10S2. The maximum Gasteiger partial charge on any atom is 1.00 e. The molecule has 1 saturated heterocycles. The van der Waals surface area contributed by atoms with Crippen LogP contribution >= 0.6 is 11.8 Å². The summed E-state index contributed by atoms with van der Waals surface area (Å²) in [6.45, 7) is -0.639. The van der Waals surface area contributed by atoms with Crippen LogP contribution in [-0.4, -0.2) is 87.0 Å². The number of rotatable bonds is 7. The van der Waals surface area contributed by atoms with Gasteiger partial charge in [-0.3, -0.25) is 4.28 Å². The Labute approximate surface area is 230 Å². The van der Waals surface area contributed by atoms with Crippen molar-refractivity contribution in [2.75, 3.05) is 13.7 Å². The fraction of sp³-hybridized carbons (Fsp3) is 0.471. The average Bonchev–Trinajstić information content (AvgIpc) is 3.14. The van der Waals surface area contributed by atoms with E-state index < -0.39 is 46.9 Å². The van der Waals surface area contributed by atoms with Crippen LogP contribution in [0.4, 0.5) is 0 Å². The Morgan fingerprint density at radius 2 is 2.00 bits per heavy atom. The Morgan fingerprint density at radius 3 is 2.62 bits per heavy atom. The molecule has 1 aromatic heterocycles. The smallest absolute Gasteiger partial charge is 0.714 e. The SMILES string of the molecule is COc1cccc2[nH]cc(C/C(=N\OS(=O)(=O)[O-])S[C@@H]3O[C@H](CO)[C@@H](O)[C@H](O)[C@H]3O)c12.[K+]. The maximum atomic E-state index is 10.9. The zero-order valence-corrected chi connectivity index (χ0v) is 21.9. The predicted octanol–water partition coefficient (Wildman–Crippen LogP) is -3.95. The Kier molecular flexibility index (Phi) is 10.4. The topological polar surface area (TPSA) is 194 Å². The van der Waals surface area contributed by atoms with Crippen LogP contribution in [0.15, 0.2) is 29.6 Å². The zero-order valence-electron chi connectivity index (χ0n) is 17.1. The van der Waals surface area contributed by atoms with Crippen molar-refractivity contribution >= 4 is 38.1 Å². The monoisotopic (exact) mass is 516 g/mol. The normalized spacial score (nSPS) is 26.6. The van der Waals surface area contributed by atoms with Crippen molar-refractivity contribution in [3.63, 3.8) is 0 Å². The van der Waals surface area contributed by atoms with Crippen molar-refractivity contribution in [2.45, 2.75) is 36.3 Å². The molecular weight excluding hydrogens is 495 g/mol. The summed E-state index contributed by atoms with van der Waals surface area (Å²) < 4.78 is 47.5. The zero-order chi connectivity index (χ0) is 22.8. The van der Waals surface area contributed by atoms with Gasteiger partial charge in [0.25, 0.3) is 10.4 Å². The first-order valence-electron chi connectivity index (χ1n) is 8.96. The summed E-state index contributed by atoms with van der Waals surface area (Å²) in [7, 11) is -3.68. The molecule has 5 N–H and O–H groups in total. The maximum absolute atomic E-state index is 10.9. The number of aliphatic hydroxyl groups excluding tert-OH is 4. The van der Waals surface area contributed by atoms with Gasteiger partial charge < -0.3 is 39.4 Å². The van der Waals surface area contributed by atoms with Gasteiger partial charge in [-0.15, -0.1) is 0 Å². The average molecular weight is 517 g/mol. The molecule has 0 amide bonds. The standard InChI is InChI=1S/C17H22N2O10S2.K/c1-27-10-4-2-3-9-13(10)8(6-18-9)5-12(19-29-31(24,25)26)30-17-16(23)15(22)14(21)11(7-20)28-17;/h2-4,6,11,14-18,20-23H,5,7H2,1H3,(H,24,25,26);/q;+1/p-1/b19-12+;/t11-,14-,15+,16-,17+;/m1./s1. The second-order valence-corrected chi connectivity index (χ2v) is 8.79. The van der Waals surface area contributed by atoms with Gasteiger partial charge >= 0.3 is 51.4 Å². The van der Waals surface area contributed by atoms with E-state index in [0.717, 1.165) is 5.52 Å². The van der Waals surface area contributed by atoms with Crippen molar-refractivity contribution in [1.82, 2.24) is 4.98 Å². The van der Waals surface area contributed by atoms with Gasteiger partial charge in [-0.05, 0) is 17.7 Å². The fourth-order valence-corrected chi connectivity index (χ4v) is 4.49. The summed E-state index contributed by atoms with van der Waals surface area (Å²) >= 11 is 0.672. The fourth-order valence-electron chi connectivity index (χ4n) is 3.17. The number of methoxy groups -OCH3 is 1. The van der Waals surface area contributed by atoms with Crippen LogP contribution in [0.2, 0.25) is 0 Å². The quantitative estimate of drug-likeness (QED) is 0.0602. The van der Waals surface area contributed by atoms with Gasteiger partial charge in [0, 0.05) is 23.5 Å². The molecule has 2 heterocycles. The molecule has 2 aromatic rings. The molecule has 0 bridgehead atoms. The summed E-state index contributed by atoms with van der Waals surface area (Å²) in [4.78, 5) is 3.03. The second kappa shape index (κ2) is 11.9. The number of aliphatic hydroxyl groups is 4. The minimum Gasteiger partial charge on any atom is -0.714 e. The van der Waals surface area contributed by atoms with Crippen LogP contribution in [0.25, 0.3) is 10.9 Å². The number of ether oxygens (including phenoxy) is 2. The van der Waals surface area contributed by atoms with Crippen molar-refractivity contribution in [1.29, 1.82) is 0 Å². The van der Waals surface area contributed by atoms with Gasteiger partial charge in [-0.1, -0.05) is 23.0 Å². The first-order chi connectivity index (χ1) is 14.6. The Bertz CT molecular complexity index is 1050.